The van der Waals surface area contributed by atoms with E-state index in [4.69, 9.17) is 5.73 Å². The molecule has 1 unspecified atom stereocenters. The molecule has 0 saturated carbocycles. The van der Waals surface area contributed by atoms with Gasteiger partial charge in [0.05, 0.1) is 4.92 Å². The number of aryl methyl sites for hydroxylation is 1. The number of nitrogens with zero attached hydrogens (tertiary/aromatic N) is 2. The second kappa shape index (κ2) is 8.70. The Morgan fingerprint density at radius 2 is 2.00 bits per heavy atom. The van der Waals surface area contributed by atoms with Gasteiger partial charge in [-0.3, -0.25) is 14.9 Å². The highest BCUT2D eigenvalue weighted by Gasteiger charge is 2.18. The Morgan fingerprint density at radius 1 is 1.41 bits per heavy atom. The van der Waals surface area contributed by atoms with Gasteiger partial charge < -0.3 is 10.6 Å². The number of benzene rings is 1. The summed E-state index contributed by atoms with van der Waals surface area (Å²) in [6.45, 7) is 6.25. The van der Waals surface area contributed by atoms with Crippen molar-refractivity contribution in [2.24, 2.45) is 11.7 Å². The molecule has 6 nitrogen and oxygen atoms in total. The standard InChI is InChI=1S/C15H23N3O3.ClH/c1-10(2)13(16)7-8-17(4)15(19)12-6-5-11(3)14(9-12)18(20)21;/h5-6,9-10,13H,7-8,16H2,1-4H3;1H. The van der Waals surface area contributed by atoms with E-state index >= 15 is 0 Å². The van der Waals surface area contributed by atoms with Gasteiger partial charge in [0.1, 0.15) is 0 Å². The number of halogens is 1. The number of carbonyl (C=O) groups excluding carboxylic acids is 1. The summed E-state index contributed by atoms with van der Waals surface area (Å²) in [5, 5.41) is 10.9. The first-order valence-corrected chi connectivity index (χ1v) is 7.00. The highest BCUT2D eigenvalue weighted by Crippen LogP contribution is 2.20. The third-order valence-corrected chi connectivity index (χ3v) is 3.65. The third kappa shape index (κ3) is 5.27. The topological polar surface area (TPSA) is 89.5 Å². The van der Waals surface area contributed by atoms with Crippen molar-refractivity contribution in [2.75, 3.05) is 13.6 Å². The monoisotopic (exact) mass is 329 g/mol. The van der Waals surface area contributed by atoms with Crippen LogP contribution >= 0.6 is 12.4 Å². The van der Waals surface area contributed by atoms with Crippen LogP contribution in [0.5, 0.6) is 0 Å². The SMILES string of the molecule is Cc1ccc(C(=O)N(C)CCC(N)C(C)C)cc1[N+](=O)[O-].Cl. The van der Waals surface area contributed by atoms with Gasteiger partial charge in [-0.1, -0.05) is 19.9 Å². The average molecular weight is 330 g/mol. The minimum Gasteiger partial charge on any atom is -0.342 e. The highest BCUT2D eigenvalue weighted by molar-refractivity contribution is 5.94. The smallest absolute Gasteiger partial charge is 0.273 e. The minimum atomic E-state index is -0.471. The predicted molar refractivity (Wildman–Crippen MR) is 89.5 cm³/mol. The molecule has 1 amide bonds. The molecule has 0 spiro atoms. The molecule has 7 heteroatoms. The fourth-order valence-corrected chi connectivity index (χ4v) is 1.94. The molecule has 1 aromatic carbocycles. The van der Waals surface area contributed by atoms with Gasteiger partial charge in [-0.05, 0) is 25.3 Å². The van der Waals surface area contributed by atoms with Crippen molar-refractivity contribution in [3.8, 4) is 0 Å². The third-order valence-electron chi connectivity index (χ3n) is 3.65. The van der Waals surface area contributed by atoms with Crippen LogP contribution in [0.25, 0.3) is 0 Å². The number of nitro groups is 1. The lowest BCUT2D eigenvalue weighted by atomic mass is 10.0. The molecule has 0 saturated heterocycles. The molecule has 124 valence electrons. The molecule has 0 aromatic heterocycles. The molecule has 0 aliphatic rings. The summed E-state index contributed by atoms with van der Waals surface area (Å²) in [5.41, 5.74) is 6.80. The summed E-state index contributed by atoms with van der Waals surface area (Å²) in [6, 6.07) is 4.58. The van der Waals surface area contributed by atoms with Crippen molar-refractivity contribution in [3.63, 3.8) is 0 Å². The van der Waals surface area contributed by atoms with Gasteiger partial charge in [0.15, 0.2) is 0 Å². The van der Waals surface area contributed by atoms with E-state index in [2.05, 4.69) is 0 Å². The van der Waals surface area contributed by atoms with Crippen LogP contribution in [0, 0.1) is 23.0 Å². The number of nitrogens with two attached hydrogens (primary N) is 1. The average Bonchev–Trinajstić information content (AvgIpc) is 2.43. The number of rotatable bonds is 6. The molecule has 1 atom stereocenters. The molecular weight excluding hydrogens is 306 g/mol. The summed E-state index contributed by atoms with van der Waals surface area (Å²) >= 11 is 0. The number of hydrogen-bond donors (Lipinski definition) is 1. The van der Waals surface area contributed by atoms with Crippen LogP contribution in [0.4, 0.5) is 5.69 Å². The van der Waals surface area contributed by atoms with Gasteiger partial charge in [-0.2, -0.15) is 0 Å². The minimum absolute atomic E-state index is 0. The Balaban J connectivity index is 0.00000441. The van der Waals surface area contributed by atoms with E-state index in [1.54, 1.807) is 31.0 Å². The van der Waals surface area contributed by atoms with Crippen molar-refractivity contribution < 1.29 is 9.72 Å². The fourth-order valence-electron chi connectivity index (χ4n) is 1.94. The van der Waals surface area contributed by atoms with Crippen LogP contribution in [0.15, 0.2) is 18.2 Å². The lowest BCUT2D eigenvalue weighted by Crippen LogP contribution is -2.34. The zero-order chi connectivity index (χ0) is 16.2. The lowest BCUT2D eigenvalue weighted by Gasteiger charge is -2.21. The highest BCUT2D eigenvalue weighted by atomic mass is 35.5. The molecule has 0 radical (unpaired) electrons. The van der Waals surface area contributed by atoms with Gasteiger partial charge in [0, 0.05) is 36.8 Å². The summed E-state index contributed by atoms with van der Waals surface area (Å²) in [7, 11) is 1.68. The van der Waals surface area contributed by atoms with Crippen LogP contribution in [-0.4, -0.2) is 35.4 Å². The summed E-state index contributed by atoms with van der Waals surface area (Å²) in [4.78, 5) is 24.3. The van der Waals surface area contributed by atoms with E-state index in [1.807, 2.05) is 13.8 Å². The zero-order valence-corrected chi connectivity index (χ0v) is 14.2. The van der Waals surface area contributed by atoms with E-state index in [9.17, 15) is 14.9 Å². The molecule has 0 fully saturated rings. The van der Waals surface area contributed by atoms with Crippen LogP contribution < -0.4 is 5.73 Å². The summed E-state index contributed by atoms with van der Waals surface area (Å²) in [5.74, 6) is 0.128. The molecule has 0 aliphatic heterocycles. The first-order chi connectivity index (χ1) is 9.73. The quantitative estimate of drug-likeness (QED) is 0.642. The Kier molecular flexibility index (Phi) is 8.05. The van der Waals surface area contributed by atoms with E-state index < -0.39 is 4.92 Å². The van der Waals surface area contributed by atoms with Gasteiger partial charge in [-0.15, -0.1) is 12.4 Å². The largest absolute Gasteiger partial charge is 0.342 e. The normalized spacial score (nSPS) is 11.7. The van der Waals surface area contributed by atoms with Gasteiger partial charge >= 0.3 is 0 Å². The van der Waals surface area contributed by atoms with Crippen molar-refractivity contribution in [2.45, 2.75) is 33.2 Å². The Labute approximate surface area is 137 Å². The van der Waals surface area contributed by atoms with Crippen LogP contribution in [-0.2, 0) is 0 Å². The predicted octanol–water partition coefficient (Wildman–Crippen LogP) is 2.77. The molecule has 1 rings (SSSR count). The van der Waals surface area contributed by atoms with E-state index in [0.29, 0.717) is 30.0 Å². The second-order valence-electron chi connectivity index (χ2n) is 5.68. The van der Waals surface area contributed by atoms with Crippen molar-refractivity contribution in [1.29, 1.82) is 0 Å². The summed E-state index contributed by atoms with van der Waals surface area (Å²) < 4.78 is 0. The first kappa shape index (κ1) is 20.3. The molecule has 22 heavy (non-hydrogen) atoms. The van der Waals surface area contributed by atoms with Gasteiger partial charge in [0.25, 0.3) is 11.6 Å². The summed E-state index contributed by atoms with van der Waals surface area (Å²) in [6.07, 6.45) is 0.702. The van der Waals surface area contributed by atoms with Crippen molar-refractivity contribution in [3.05, 3.63) is 39.4 Å². The maximum atomic E-state index is 12.3. The molecular formula is C15H24ClN3O3. The molecule has 0 heterocycles. The zero-order valence-electron chi connectivity index (χ0n) is 13.4. The number of hydrogen-bond acceptors (Lipinski definition) is 4. The van der Waals surface area contributed by atoms with Gasteiger partial charge in [-0.25, -0.2) is 0 Å². The van der Waals surface area contributed by atoms with Crippen molar-refractivity contribution >= 4 is 24.0 Å². The van der Waals surface area contributed by atoms with Crippen LogP contribution in [0.3, 0.4) is 0 Å². The van der Waals surface area contributed by atoms with Crippen molar-refractivity contribution in [1.82, 2.24) is 4.90 Å². The lowest BCUT2D eigenvalue weighted by molar-refractivity contribution is -0.385. The van der Waals surface area contributed by atoms with Crippen LogP contribution in [0.2, 0.25) is 0 Å². The van der Waals surface area contributed by atoms with E-state index in [0.717, 1.165) is 0 Å². The maximum absolute atomic E-state index is 12.3. The van der Waals surface area contributed by atoms with Crippen LogP contribution in [0.1, 0.15) is 36.2 Å². The number of carbonyl (C=O) groups is 1. The molecule has 0 aliphatic carbocycles. The number of nitro benzene ring substituents is 1. The molecule has 2 N–H and O–H groups in total. The fraction of sp³-hybridized carbons (Fsp3) is 0.533. The second-order valence-corrected chi connectivity index (χ2v) is 5.68. The number of amides is 1. The molecule has 0 bridgehead atoms. The Hall–Kier alpha value is -1.66. The first-order valence-electron chi connectivity index (χ1n) is 7.00. The maximum Gasteiger partial charge on any atom is 0.273 e. The van der Waals surface area contributed by atoms with E-state index in [1.165, 1.54) is 6.07 Å². The van der Waals surface area contributed by atoms with E-state index in [-0.39, 0.29) is 30.0 Å². The molecule has 1 aromatic rings. The Bertz CT molecular complexity index is 535. The van der Waals surface area contributed by atoms with Gasteiger partial charge in [0.2, 0.25) is 0 Å². The Morgan fingerprint density at radius 3 is 2.50 bits per heavy atom.